The van der Waals surface area contributed by atoms with Gasteiger partial charge in [0.2, 0.25) is 0 Å². The van der Waals surface area contributed by atoms with Crippen molar-refractivity contribution in [2.45, 2.75) is 25.8 Å². The van der Waals surface area contributed by atoms with Crippen molar-refractivity contribution in [2.75, 3.05) is 0 Å². The van der Waals surface area contributed by atoms with Crippen LogP contribution in [0.25, 0.3) is 0 Å². The molecular weight excluding hydrogens is 214 g/mol. The molecule has 0 saturated heterocycles. The Labute approximate surface area is 101 Å². The quantitative estimate of drug-likeness (QED) is 0.851. The molecule has 1 heterocycles. The molecule has 16 heavy (non-hydrogen) atoms. The molecule has 2 aromatic rings. The molecule has 1 atom stereocenters. The maximum Gasteiger partial charge on any atom is 0.0559 e. The van der Waals surface area contributed by atoms with Crippen LogP contribution in [-0.4, -0.2) is 0 Å². The van der Waals surface area contributed by atoms with Crippen molar-refractivity contribution in [1.29, 1.82) is 0 Å². The van der Waals surface area contributed by atoms with Crippen LogP contribution in [0.3, 0.4) is 0 Å². The smallest absolute Gasteiger partial charge is 0.0559 e. The van der Waals surface area contributed by atoms with Crippen molar-refractivity contribution in [2.24, 2.45) is 5.73 Å². The van der Waals surface area contributed by atoms with E-state index in [2.05, 4.69) is 54.9 Å². The first-order valence-corrected chi connectivity index (χ1v) is 6.50. The molecular formula is C14H17NS. The van der Waals surface area contributed by atoms with E-state index in [0.717, 1.165) is 0 Å². The number of nitrogens with two attached hydrogens (primary N) is 1. The van der Waals surface area contributed by atoms with E-state index in [1.807, 2.05) is 0 Å². The van der Waals surface area contributed by atoms with Gasteiger partial charge in [0.15, 0.2) is 0 Å². The lowest BCUT2D eigenvalue weighted by molar-refractivity contribution is 0.849. The summed E-state index contributed by atoms with van der Waals surface area (Å²) >= 11 is 1.69. The SMILES string of the molecule is CC(C)c1ccc(C(N)c2ccsc2)cc1. The van der Waals surface area contributed by atoms with E-state index in [-0.39, 0.29) is 6.04 Å². The summed E-state index contributed by atoms with van der Waals surface area (Å²) in [6.07, 6.45) is 0. The molecule has 0 aliphatic carbocycles. The zero-order valence-corrected chi connectivity index (χ0v) is 10.5. The van der Waals surface area contributed by atoms with Crippen LogP contribution in [0.5, 0.6) is 0 Å². The van der Waals surface area contributed by atoms with Crippen molar-refractivity contribution in [3.8, 4) is 0 Å². The fourth-order valence-corrected chi connectivity index (χ4v) is 2.43. The van der Waals surface area contributed by atoms with Gasteiger partial charge in [-0.3, -0.25) is 0 Å². The Morgan fingerprint density at radius 1 is 0.938 bits per heavy atom. The molecule has 0 saturated carbocycles. The summed E-state index contributed by atoms with van der Waals surface area (Å²) < 4.78 is 0. The average molecular weight is 231 g/mol. The third-order valence-electron chi connectivity index (χ3n) is 2.86. The number of thiophene rings is 1. The minimum absolute atomic E-state index is 0.00691. The molecule has 0 fully saturated rings. The Balaban J connectivity index is 2.22. The normalized spacial score (nSPS) is 13.0. The zero-order chi connectivity index (χ0) is 11.5. The predicted octanol–water partition coefficient (Wildman–Crippen LogP) is 3.92. The minimum Gasteiger partial charge on any atom is -0.320 e. The Morgan fingerprint density at radius 2 is 1.56 bits per heavy atom. The van der Waals surface area contributed by atoms with Crippen LogP contribution < -0.4 is 5.73 Å². The maximum absolute atomic E-state index is 6.19. The van der Waals surface area contributed by atoms with Gasteiger partial charge in [-0.2, -0.15) is 11.3 Å². The van der Waals surface area contributed by atoms with E-state index < -0.39 is 0 Å². The van der Waals surface area contributed by atoms with Crippen molar-refractivity contribution in [3.63, 3.8) is 0 Å². The van der Waals surface area contributed by atoms with Crippen molar-refractivity contribution < 1.29 is 0 Å². The summed E-state index contributed by atoms with van der Waals surface area (Å²) in [6, 6.07) is 10.7. The Morgan fingerprint density at radius 3 is 2.06 bits per heavy atom. The highest BCUT2D eigenvalue weighted by Crippen LogP contribution is 2.23. The van der Waals surface area contributed by atoms with Crippen molar-refractivity contribution >= 4 is 11.3 Å². The predicted molar refractivity (Wildman–Crippen MR) is 70.9 cm³/mol. The topological polar surface area (TPSA) is 26.0 Å². The summed E-state index contributed by atoms with van der Waals surface area (Å²) in [5.41, 5.74) is 9.94. The molecule has 1 aromatic heterocycles. The second kappa shape index (κ2) is 4.81. The third kappa shape index (κ3) is 2.34. The van der Waals surface area contributed by atoms with Crippen molar-refractivity contribution in [3.05, 3.63) is 57.8 Å². The van der Waals surface area contributed by atoms with Gasteiger partial charge in [0.05, 0.1) is 6.04 Å². The van der Waals surface area contributed by atoms with Gasteiger partial charge in [0.1, 0.15) is 0 Å². The van der Waals surface area contributed by atoms with Crippen LogP contribution in [0.2, 0.25) is 0 Å². The molecule has 2 N–H and O–H groups in total. The summed E-state index contributed by atoms with van der Waals surface area (Å²) in [7, 11) is 0. The Kier molecular flexibility index (Phi) is 3.42. The van der Waals surface area contributed by atoms with Crippen LogP contribution in [0.15, 0.2) is 41.1 Å². The van der Waals surface area contributed by atoms with Crippen LogP contribution in [0.1, 0.15) is 42.5 Å². The second-order valence-corrected chi connectivity index (χ2v) is 5.14. The first-order valence-electron chi connectivity index (χ1n) is 5.56. The van der Waals surface area contributed by atoms with Gasteiger partial charge in [-0.05, 0) is 39.4 Å². The molecule has 1 unspecified atom stereocenters. The Bertz CT molecular complexity index is 428. The minimum atomic E-state index is 0.00691. The second-order valence-electron chi connectivity index (χ2n) is 4.36. The summed E-state index contributed by atoms with van der Waals surface area (Å²) in [6.45, 7) is 4.40. The van der Waals surface area contributed by atoms with E-state index in [4.69, 9.17) is 5.73 Å². The zero-order valence-electron chi connectivity index (χ0n) is 9.68. The van der Waals surface area contributed by atoms with Gasteiger partial charge in [0.25, 0.3) is 0 Å². The van der Waals surface area contributed by atoms with Gasteiger partial charge >= 0.3 is 0 Å². The average Bonchev–Trinajstić information content (AvgIpc) is 2.81. The fourth-order valence-electron chi connectivity index (χ4n) is 1.73. The number of hydrogen-bond donors (Lipinski definition) is 1. The fraction of sp³-hybridized carbons (Fsp3) is 0.286. The summed E-state index contributed by atoms with van der Waals surface area (Å²) in [5.74, 6) is 0.575. The van der Waals surface area contributed by atoms with Gasteiger partial charge in [-0.15, -0.1) is 0 Å². The van der Waals surface area contributed by atoms with Crippen LogP contribution in [-0.2, 0) is 0 Å². The van der Waals surface area contributed by atoms with Gasteiger partial charge in [0, 0.05) is 0 Å². The lowest BCUT2D eigenvalue weighted by Crippen LogP contribution is -2.10. The molecule has 0 radical (unpaired) electrons. The van der Waals surface area contributed by atoms with E-state index >= 15 is 0 Å². The highest BCUT2D eigenvalue weighted by Gasteiger charge is 2.09. The molecule has 0 aliphatic heterocycles. The van der Waals surface area contributed by atoms with E-state index in [1.54, 1.807) is 11.3 Å². The van der Waals surface area contributed by atoms with E-state index in [0.29, 0.717) is 5.92 Å². The number of rotatable bonds is 3. The van der Waals surface area contributed by atoms with Crippen LogP contribution in [0, 0.1) is 0 Å². The summed E-state index contributed by atoms with van der Waals surface area (Å²) in [4.78, 5) is 0. The largest absolute Gasteiger partial charge is 0.320 e. The molecule has 0 spiro atoms. The first-order chi connectivity index (χ1) is 7.68. The molecule has 2 rings (SSSR count). The lowest BCUT2D eigenvalue weighted by Gasteiger charge is -2.12. The monoisotopic (exact) mass is 231 g/mol. The van der Waals surface area contributed by atoms with Gasteiger partial charge in [-0.25, -0.2) is 0 Å². The van der Waals surface area contributed by atoms with E-state index in [9.17, 15) is 0 Å². The molecule has 0 bridgehead atoms. The van der Waals surface area contributed by atoms with Gasteiger partial charge in [-0.1, -0.05) is 38.1 Å². The Hall–Kier alpha value is -1.12. The summed E-state index contributed by atoms with van der Waals surface area (Å²) in [5, 5.41) is 4.18. The van der Waals surface area contributed by atoms with Crippen molar-refractivity contribution in [1.82, 2.24) is 0 Å². The number of benzene rings is 1. The maximum atomic E-state index is 6.19. The third-order valence-corrected chi connectivity index (χ3v) is 3.57. The first kappa shape index (κ1) is 11.4. The van der Waals surface area contributed by atoms with Gasteiger partial charge < -0.3 is 5.73 Å². The highest BCUT2D eigenvalue weighted by atomic mass is 32.1. The molecule has 84 valence electrons. The highest BCUT2D eigenvalue weighted by molar-refractivity contribution is 7.08. The lowest BCUT2D eigenvalue weighted by atomic mass is 9.97. The molecule has 1 aromatic carbocycles. The molecule has 0 aliphatic rings. The molecule has 1 nitrogen and oxygen atoms in total. The van der Waals surface area contributed by atoms with E-state index in [1.165, 1.54) is 16.7 Å². The van der Waals surface area contributed by atoms with Crippen LogP contribution >= 0.6 is 11.3 Å². The van der Waals surface area contributed by atoms with Crippen LogP contribution in [0.4, 0.5) is 0 Å². The standard InChI is InChI=1S/C14H17NS/c1-10(2)11-3-5-12(6-4-11)14(15)13-7-8-16-9-13/h3-10,14H,15H2,1-2H3. The number of hydrogen-bond acceptors (Lipinski definition) is 2. The molecule has 2 heteroatoms. The molecule has 0 amide bonds.